The zero-order valence-electron chi connectivity index (χ0n) is 14.5. The second-order valence-corrected chi connectivity index (χ2v) is 6.59. The summed E-state index contributed by atoms with van der Waals surface area (Å²) >= 11 is 1.36. The number of thiazole rings is 1. The lowest BCUT2D eigenvalue weighted by Gasteiger charge is -2.18. The van der Waals surface area contributed by atoms with Crippen LogP contribution in [0.2, 0.25) is 0 Å². The summed E-state index contributed by atoms with van der Waals surface area (Å²) in [5.74, 6) is 0.0198. The Labute approximate surface area is 146 Å². The first-order valence-electron chi connectivity index (χ1n) is 8.15. The van der Waals surface area contributed by atoms with E-state index in [2.05, 4.69) is 10.3 Å². The van der Waals surface area contributed by atoms with Crippen LogP contribution in [0.5, 0.6) is 5.75 Å². The van der Waals surface area contributed by atoms with E-state index < -0.39 is 0 Å². The van der Waals surface area contributed by atoms with Crippen molar-refractivity contribution in [1.82, 2.24) is 10.3 Å². The summed E-state index contributed by atoms with van der Waals surface area (Å²) in [5.41, 5.74) is 1.42. The number of ether oxygens (including phenoxy) is 1. The highest BCUT2D eigenvalue weighted by atomic mass is 32.1. The van der Waals surface area contributed by atoms with Crippen LogP contribution in [0.3, 0.4) is 0 Å². The molecule has 0 saturated carbocycles. The Balaban J connectivity index is 2.18. The second-order valence-electron chi connectivity index (χ2n) is 5.56. The minimum atomic E-state index is -0.243. The summed E-state index contributed by atoms with van der Waals surface area (Å²) in [6.07, 6.45) is 0.559. The molecule has 0 spiro atoms. The number of nitrogens with one attached hydrogen (secondary N) is 1. The van der Waals surface area contributed by atoms with Crippen molar-refractivity contribution in [3.63, 3.8) is 0 Å². The lowest BCUT2D eigenvalue weighted by molar-refractivity contribution is 0.0761. The third-order valence-corrected chi connectivity index (χ3v) is 5.13. The van der Waals surface area contributed by atoms with Gasteiger partial charge in [0.25, 0.3) is 5.91 Å². The molecule has 0 saturated heterocycles. The summed E-state index contributed by atoms with van der Waals surface area (Å²) in [7, 11) is 0. The van der Waals surface area contributed by atoms with Gasteiger partial charge in [0.2, 0.25) is 0 Å². The molecule has 130 valence electrons. The van der Waals surface area contributed by atoms with Crippen molar-refractivity contribution in [3.8, 4) is 5.75 Å². The first-order chi connectivity index (χ1) is 11.5. The molecule has 6 heteroatoms. The minimum Gasteiger partial charge on any atom is -0.508 e. The molecule has 0 fully saturated rings. The molecule has 2 atom stereocenters. The van der Waals surface area contributed by atoms with E-state index in [1.807, 2.05) is 39.8 Å². The van der Waals surface area contributed by atoms with Gasteiger partial charge in [0.05, 0.1) is 11.7 Å². The number of rotatable bonds is 7. The van der Waals surface area contributed by atoms with E-state index in [0.717, 1.165) is 10.6 Å². The van der Waals surface area contributed by atoms with Crippen molar-refractivity contribution in [2.75, 3.05) is 6.61 Å². The maximum Gasteiger partial charge on any atom is 0.263 e. The fraction of sp³-hybridized carbons (Fsp3) is 0.444. The van der Waals surface area contributed by atoms with Gasteiger partial charge in [-0.25, -0.2) is 4.98 Å². The number of amides is 1. The molecule has 0 radical (unpaired) electrons. The standard InChI is InChI=1S/C18H24N2O3S/c1-5-14(13-9-7-8-10-15(13)21)20-17(22)16-11(3)19-18(24-16)12(4)23-6-2/h7-10,12,14,21H,5-6H2,1-4H3,(H,20,22)/t12-,14-/m0/s1. The molecule has 2 aromatic rings. The highest BCUT2D eigenvalue weighted by Gasteiger charge is 2.22. The van der Waals surface area contributed by atoms with Crippen LogP contribution < -0.4 is 5.32 Å². The number of hydrogen-bond donors (Lipinski definition) is 2. The fourth-order valence-electron chi connectivity index (χ4n) is 2.53. The molecule has 5 nitrogen and oxygen atoms in total. The summed E-state index contributed by atoms with van der Waals surface area (Å²) in [5, 5.41) is 13.8. The molecule has 1 aromatic heterocycles. The maximum atomic E-state index is 12.7. The van der Waals surface area contributed by atoms with E-state index in [1.165, 1.54) is 11.3 Å². The smallest absolute Gasteiger partial charge is 0.263 e. The number of phenolic OH excluding ortho intramolecular Hbond substituents is 1. The van der Waals surface area contributed by atoms with Crippen molar-refractivity contribution < 1.29 is 14.6 Å². The van der Waals surface area contributed by atoms with Crippen molar-refractivity contribution >= 4 is 17.2 Å². The lowest BCUT2D eigenvalue weighted by atomic mass is 10.0. The van der Waals surface area contributed by atoms with Crippen LogP contribution in [-0.4, -0.2) is 22.6 Å². The van der Waals surface area contributed by atoms with E-state index >= 15 is 0 Å². The molecule has 0 aliphatic rings. The van der Waals surface area contributed by atoms with Crippen LogP contribution in [0.25, 0.3) is 0 Å². The number of phenols is 1. The molecule has 1 amide bonds. The number of aromatic hydroxyl groups is 1. The summed E-state index contributed by atoms with van der Waals surface area (Å²) in [4.78, 5) is 17.7. The van der Waals surface area contributed by atoms with Crippen LogP contribution in [0, 0.1) is 6.92 Å². The number of para-hydroxylation sites is 1. The van der Waals surface area contributed by atoms with E-state index in [-0.39, 0.29) is 23.8 Å². The molecule has 0 unspecified atom stereocenters. The summed E-state index contributed by atoms with van der Waals surface area (Å²) in [6.45, 7) is 8.27. The molecule has 0 aliphatic heterocycles. The predicted octanol–water partition coefficient (Wildman–Crippen LogP) is 4.14. The highest BCUT2D eigenvalue weighted by Crippen LogP contribution is 2.29. The van der Waals surface area contributed by atoms with Gasteiger partial charge in [0.15, 0.2) is 0 Å². The molecular formula is C18H24N2O3S. The molecular weight excluding hydrogens is 324 g/mol. The van der Waals surface area contributed by atoms with Gasteiger partial charge in [0.1, 0.15) is 21.7 Å². The Bertz CT molecular complexity index is 699. The Hall–Kier alpha value is -1.92. The number of carbonyl (C=O) groups excluding carboxylic acids is 1. The monoisotopic (exact) mass is 348 g/mol. The molecule has 2 rings (SSSR count). The number of benzene rings is 1. The average Bonchev–Trinajstić information content (AvgIpc) is 2.95. The molecule has 1 heterocycles. The van der Waals surface area contributed by atoms with Gasteiger partial charge >= 0.3 is 0 Å². The van der Waals surface area contributed by atoms with E-state index in [9.17, 15) is 9.90 Å². The van der Waals surface area contributed by atoms with Gasteiger partial charge in [-0.3, -0.25) is 4.79 Å². The number of nitrogens with zero attached hydrogens (tertiary/aromatic N) is 1. The van der Waals surface area contributed by atoms with Gasteiger partial charge in [-0.2, -0.15) is 0 Å². The normalized spacial score (nSPS) is 13.5. The number of aromatic nitrogens is 1. The topological polar surface area (TPSA) is 71.5 Å². The van der Waals surface area contributed by atoms with Gasteiger partial charge in [-0.1, -0.05) is 25.1 Å². The Morgan fingerprint density at radius 3 is 2.71 bits per heavy atom. The molecule has 0 bridgehead atoms. The molecule has 2 N–H and O–H groups in total. The number of carbonyl (C=O) groups is 1. The summed E-state index contributed by atoms with van der Waals surface area (Å²) in [6, 6.07) is 6.83. The highest BCUT2D eigenvalue weighted by molar-refractivity contribution is 7.13. The second kappa shape index (κ2) is 8.26. The maximum absolute atomic E-state index is 12.7. The Kier molecular flexibility index (Phi) is 6.34. The van der Waals surface area contributed by atoms with Crippen molar-refractivity contribution in [3.05, 3.63) is 45.4 Å². The number of aryl methyl sites for hydroxylation is 1. The van der Waals surface area contributed by atoms with Crippen LogP contribution in [0.15, 0.2) is 24.3 Å². The van der Waals surface area contributed by atoms with E-state index in [4.69, 9.17) is 4.74 Å². The van der Waals surface area contributed by atoms with Gasteiger partial charge < -0.3 is 15.2 Å². The van der Waals surface area contributed by atoms with E-state index in [1.54, 1.807) is 12.1 Å². The molecule has 0 aliphatic carbocycles. The molecule has 24 heavy (non-hydrogen) atoms. The van der Waals surface area contributed by atoms with Crippen LogP contribution in [0.1, 0.15) is 65.3 Å². The van der Waals surface area contributed by atoms with Crippen LogP contribution in [0.4, 0.5) is 0 Å². The number of hydrogen-bond acceptors (Lipinski definition) is 5. The molecule has 1 aromatic carbocycles. The van der Waals surface area contributed by atoms with Crippen molar-refractivity contribution in [2.24, 2.45) is 0 Å². The zero-order valence-corrected chi connectivity index (χ0v) is 15.3. The third kappa shape index (κ3) is 4.13. The first kappa shape index (κ1) is 18.4. The Morgan fingerprint density at radius 1 is 1.38 bits per heavy atom. The third-order valence-electron chi connectivity index (χ3n) is 3.81. The van der Waals surface area contributed by atoms with Crippen molar-refractivity contribution in [2.45, 2.75) is 46.3 Å². The SMILES string of the molecule is CCO[C@@H](C)c1nc(C)c(C(=O)N[C@@H](CC)c2ccccc2O)s1. The van der Waals surface area contributed by atoms with Gasteiger partial charge in [0, 0.05) is 12.2 Å². The Morgan fingerprint density at radius 2 is 2.08 bits per heavy atom. The predicted molar refractivity (Wildman–Crippen MR) is 95.5 cm³/mol. The minimum absolute atomic E-state index is 0.125. The fourth-order valence-corrected chi connectivity index (χ4v) is 3.50. The van der Waals surface area contributed by atoms with Crippen molar-refractivity contribution in [1.29, 1.82) is 0 Å². The lowest BCUT2D eigenvalue weighted by Crippen LogP contribution is -2.28. The van der Waals surface area contributed by atoms with Crippen LogP contribution in [-0.2, 0) is 4.74 Å². The average molecular weight is 348 g/mol. The zero-order chi connectivity index (χ0) is 17.7. The quantitative estimate of drug-likeness (QED) is 0.789. The van der Waals surface area contributed by atoms with Gasteiger partial charge in [-0.15, -0.1) is 11.3 Å². The van der Waals surface area contributed by atoms with Gasteiger partial charge in [-0.05, 0) is 33.3 Å². The largest absolute Gasteiger partial charge is 0.508 e. The first-order valence-corrected chi connectivity index (χ1v) is 8.97. The van der Waals surface area contributed by atoms with Crippen LogP contribution >= 0.6 is 11.3 Å². The summed E-state index contributed by atoms with van der Waals surface area (Å²) < 4.78 is 5.55. The van der Waals surface area contributed by atoms with E-state index in [0.29, 0.717) is 23.6 Å².